The third-order valence-corrected chi connectivity index (χ3v) is 9.26. The summed E-state index contributed by atoms with van der Waals surface area (Å²) in [5.41, 5.74) is 0.300. The molecule has 182 valence electrons. The van der Waals surface area contributed by atoms with Crippen LogP contribution in [-0.4, -0.2) is 86.0 Å². The highest BCUT2D eigenvalue weighted by Gasteiger charge is 2.33. The molecule has 1 aliphatic heterocycles. The van der Waals surface area contributed by atoms with Crippen LogP contribution >= 0.6 is 11.8 Å². The Kier molecular flexibility index (Phi) is 8.81. The molecule has 0 spiro atoms. The summed E-state index contributed by atoms with van der Waals surface area (Å²) in [4.78, 5) is 41.5. The molecule has 1 heterocycles. The minimum Gasteiger partial charge on any atom is -0.452 e. The fraction of sp³-hybridized carbons (Fsp3) is 0.609. The maximum absolute atomic E-state index is 12.7. The van der Waals surface area contributed by atoms with Crippen molar-refractivity contribution in [2.24, 2.45) is 0 Å². The molecule has 1 saturated heterocycles. The van der Waals surface area contributed by atoms with Gasteiger partial charge < -0.3 is 14.5 Å². The summed E-state index contributed by atoms with van der Waals surface area (Å²) >= 11 is 1.28. The van der Waals surface area contributed by atoms with Crippen molar-refractivity contribution in [1.29, 1.82) is 0 Å². The normalized spacial score (nSPS) is 20.2. The van der Waals surface area contributed by atoms with Gasteiger partial charge in [0.1, 0.15) is 0 Å². The molecule has 1 aromatic rings. The first-order chi connectivity index (χ1) is 15.7. The van der Waals surface area contributed by atoms with E-state index in [1.165, 1.54) is 30.1 Å². The van der Waals surface area contributed by atoms with Crippen LogP contribution in [0.25, 0.3) is 0 Å². The van der Waals surface area contributed by atoms with E-state index in [0.29, 0.717) is 16.9 Å². The molecule has 8 nitrogen and oxygen atoms in total. The minimum absolute atomic E-state index is 0.0263. The number of carbonyl (C=O) groups excluding carboxylic acids is 3. The number of rotatable bonds is 8. The van der Waals surface area contributed by atoms with Crippen LogP contribution in [0.15, 0.2) is 29.2 Å². The summed E-state index contributed by atoms with van der Waals surface area (Å²) < 4.78 is 28.5. The van der Waals surface area contributed by atoms with Crippen LogP contribution in [0.2, 0.25) is 0 Å². The summed E-state index contributed by atoms with van der Waals surface area (Å²) in [5, 5.41) is 0. The molecular formula is C23H32N2O6S2. The van der Waals surface area contributed by atoms with E-state index in [4.69, 9.17) is 4.74 Å². The fourth-order valence-corrected chi connectivity index (χ4v) is 7.00. The molecule has 1 aromatic carbocycles. The minimum atomic E-state index is -3.12. The first kappa shape index (κ1) is 25.6. The fourth-order valence-electron chi connectivity index (χ4n) is 4.27. The molecule has 1 saturated carbocycles. The summed E-state index contributed by atoms with van der Waals surface area (Å²) in [7, 11) is 0.255. The molecule has 0 radical (unpaired) electrons. The Bertz CT molecular complexity index is 975. The number of amides is 2. The van der Waals surface area contributed by atoms with Gasteiger partial charge in [0.25, 0.3) is 5.91 Å². The van der Waals surface area contributed by atoms with Gasteiger partial charge in [0.15, 0.2) is 16.4 Å². The molecule has 1 atom stereocenters. The third-order valence-electron chi connectivity index (χ3n) is 6.45. The number of benzene rings is 1. The smallest absolute Gasteiger partial charge is 0.339 e. The lowest BCUT2D eigenvalue weighted by molar-refractivity contribution is -0.134. The molecule has 2 fully saturated rings. The number of likely N-dealkylation sites (N-methyl/N-ethyl adjacent to an activating group) is 1. The predicted octanol–water partition coefficient (Wildman–Crippen LogP) is 2.37. The highest BCUT2D eigenvalue weighted by atomic mass is 32.2. The molecule has 0 N–H and O–H groups in total. The first-order valence-corrected chi connectivity index (χ1v) is 14.1. The third kappa shape index (κ3) is 6.96. The molecule has 3 rings (SSSR count). The maximum atomic E-state index is 12.7. The summed E-state index contributed by atoms with van der Waals surface area (Å²) in [6, 6.07) is 6.74. The van der Waals surface area contributed by atoms with Crippen LogP contribution in [0, 0.1) is 0 Å². The zero-order chi connectivity index (χ0) is 24.0. The van der Waals surface area contributed by atoms with Crippen LogP contribution in [0.1, 0.15) is 48.9 Å². The molecule has 1 aliphatic carbocycles. The standard InChI is InChI=1S/C23H32N2O6S2/c1-24(17-8-4-3-5-9-17)22(27)15-32-20-11-7-6-10-19(20)23(28)31-14-21(26)25(2)18-12-13-33(29,30)16-18/h6-7,10-11,17-18H,3-5,8-9,12-16H2,1-2H3. The van der Waals surface area contributed by atoms with Crippen LogP contribution in [0.4, 0.5) is 0 Å². The second kappa shape index (κ2) is 11.4. The SMILES string of the molecule is CN(C(=O)CSc1ccccc1C(=O)OCC(=O)N(C)C1CCS(=O)(=O)C1)C1CCCCC1. The molecule has 10 heteroatoms. The van der Waals surface area contributed by atoms with Crippen LogP contribution in [0.3, 0.4) is 0 Å². The van der Waals surface area contributed by atoms with Crippen molar-refractivity contribution < 1.29 is 27.5 Å². The number of nitrogens with zero attached hydrogens (tertiary/aromatic N) is 2. The molecule has 33 heavy (non-hydrogen) atoms. The molecule has 2 amide bonds. The van der Waals surface area contributed by atoms with Crippen molar-refractivity contribution in [3.8, 4) is 0 Å². The molecule has 1 unspecified atom stereocenters. The van der Waals surface area contributed by atoms with Crippen molar-refractivity contribution >= 4 is 39.4 Å². The van der Waals surface area contributed by atoms with E-state index in [1.54, 1.807) is 24.3 Å². The Hall–Kier alpha value is -2.07. The van der Waals surface area contributed by atoms with Crippen LogP contribution in [0.5, 0.6) is 0 Å². The molecular weight excluding hydrogens is 464 g/mol. The molecule has 0 bridgehead atoms. The number of sulfone groups is 1. The number of hydrogen-bond acceptors (Lipinski definition) is 7. The van der Waals surface area contributed by atoms with E-state index in [1.807, 2.05) is 11.9 Å². The first-order valence-electron chi connectivity index (χ1n) is 11.3. The van der Waals surface area contributed by atoms with Gasteiger partial charge in [0.05, 0.1) is 22.8 Å². The monoisotopic (exact) mass is 496 g/mol. The van der Waals surface area contributed by atoms with E-state index in [-0.39, 0.29) is 29.2 Å². The number of thioether (sulfide) groups is 1. The Morgan fingerprint density at radius 3 is 2.30 bits per heavy atom. The molecule has 2 aliphatic rings. The average molecular weight is 497 g/mol. The topological polar surface area (TPSA) is 101 Å². The van der Waals surface area contributed by atoms with Crippen molar-refractivity contribution in [3.63, 3.8) is 0 Å². The van der Waals surface area contributed by atoms with E-state index < -0.39 is 34.4 Å². The van der Waals surface area contributed by atoms with Gasteiger partial charge >= 0.3 is 5.97 Å². The largest absolute Gasteiger partial charge is 0.452 e. The van der Waals surface area contributed by atoms with E-state index in [9.17, 15) is 22.8 Å². The van der Waals surface area contributed by atoms with Crippen molar-refractivity contribution in [3.05, 3.63) is 29.8 Å². The van der Waals surface area contributed by atoms with Gasteiger partial charge in [-0.2, -0.15) is 0 Å². The van der Waals surface area contributed by atoms with Crippen molar-refractivity contribution in [1.82, 2.24) is 9.80 Å². The van der Waals surface area contributed by atoms with Gasteiger partial charge in [-0.3, -0.25) is 9.59 Å². The lowest BCUT2D eigenvalue weighted by Crippen LogP contribution is -2.40. The zero-order valence-corrected chi connectivity index (χ0v) is 20.8. The average Bonchev–Trinajstić information content (AvgIpc) is 3.20. The summed E-state index contributed by atoms with van der Waals surface area (Å²) in [6.45, 7) is -0.464. The van der Waals surface area contributed by atoms with Gasteiger partial charge in [-0.1, -0.05) is 31.4 Å². The number of esters is 1. The van der Waals surface area contributed by atoms with Gasteiger partial charge in [-0.15, -0.1) is 11.8 Å². The van der Waals surface area contributed by atoms with Gasteiger partial charge in [-0.05, 0) is 31.4 Å². The second-order valence-electron chi connectivity index (χ2n) is 8.72. The van der Waals surface area contributed by atoms with Crippen molar-refractivity contribution in [2.75, 3.05) is 38.0 Å². The number of carbonyl (C=O) groups is 3. The lowest BCUT2D eigenvalue weighted by Gasteiger charge is -2.31. The van der Waals surface area contributed by atoms with Gasteiger partial charge in [0, 0.05) is 31.1 Å². The Labute approximate surface area is 199 Å². The highest BCUT2D eigenvalue weighted by molar-refractivity contribution is 8.00. The van der Waals surface area contributed by atoms with Crippen LogP contribution in [-0.2, 0) is 24.2 Å². The second-order valence-corrected chi connectivity index (χ2v) is 12.0. The van der Waals surface area contributed by atoms with Gasteiger partial charge in [-0.25, -0.2) is 13.2 Å². The van der Waals surface area contributed by atoms with E-state index in [2.05, 4.69) is 0 Å². The van der Waals surface area contributed by atoms with Crippen LogP contribution < -0.4 is 0 Å². The maximum Gasteiger partial charge on any atom is 0.339 e. The van der Waals surface area contributed by atoms with Crippen molar-refractivity contribution in [2.45, 2.75) is 55.5 Å². The summed E-state index contributed by atoms with van der Waals surface area (Å²) in [5.74, 6) is -0.847. The summed E-state index contributed by atoms with van der Waals surface area (Å²) in [6.07, 6.45) is 5.97. The quantitative estimate of drug-likeness (QED) is 0.402. The Morgan fingerprint density at radius 2 is 1.64 bits per heavy atom. The van der Waals surface area contributed by atoms with Gasteiger partial charge in [0.2, 0.25) is 5.91 Å². The molecule has 0 aromatic heterocycles. The Balaban J connectivity index is 1.53. The number of hydrogen-bond donors (Lipinski definition) is 0. The highest BCUT2D eigenvalue weighted by Crippen LogP contribution is 2.26. The van der Waals surface area contributed by atoms with E-state index >= 15 is 0 Å². The zero-order valence-electron chi connectivity index (χ0n) is 19.2. The predicted molar refractivity (Wildman–Crippen MR) is 127 cm³/mol. The number of ether oxygens (including phenoxy) is 1. The lowest BCUT2D eigenvalue weighted by atomic mass is 9.94. The Morgan fingerprint density at radius 1 is 0.970 bits per heavy atom. The van der Waals surface area contributed by atoms with E-state index in [0.717, 1.165) is 25.7 Å².